The van der Waals surface area contributed by atoms with Gasteiger partial charge in [0.25, 0.3) is 5.91 Å². The Bertz CT molecular complexity index is 1380. The van der Waals surface area contributed by atoms with Gasteiger partial charge in [0, 0.05) is 24.7 Å². The highest BCUT2D eigenvalue weighted by molar-refractivity contribution is 7.92. The predicted molar refractivity (Wildman–Crippen MR) is 132 cm³/mol. The van der Waals surface area contributed by atoms with Crippen LogP contribution in [0.15, 0.2) is 34.8 Å². The van der Waals surface area contributed by atoms with E-state index in [9.17, 15) is 22.8 Å². The van der Waals surface area contributed by atoms with Crippen LogP contribution in [0.1, 0.15) is 24.2 Å². The van der Waals surface area contributed by atoms with E-state index in [-0.39, 0.29) is 16.5 Å². The lowest BCUT2D eigenvalue weighted by atomic mass is 10.2. The lowest BCUT2D eigenvalue weighted by Crippen LogP contribution is -2.28. The first-order chi connectivity index (χ1) is 16.7. The summed E-state index contributed by atoms with van der Waals surface area (Å²) in [6.07, 6.45) is 1.47. The molecular formula is C21H24N4O7S3. The van der Waals surface area contributed by atoms with Crippen molar-refractivity contribution in [3.63, 3.8) is 0 Å². The molecule has 2 amide bonds. The number of anilines is 1. The summed E-state index contributed by atoms with van der Waals surface area (Å²) in [5.74, 6) is -3.96. The van der Waals surface area contributed by atoms with Gasteiger partial charge < -0.3 is 19.4 Å². The molecular weight excluding hydrogens is 516 g/mol. The SMILES string of the molecule is CCOCCn1c(=NC(=O)CS(=O)(=O)CC(=O)Nc2nccs2)sc2cc(C(=O)OCC)ccc21. The van der Waals surface area contributed by atoms with Crippen LogP contribution in [-0.4, -0.2) is 67.1 Å². The van der Waals surface area contributed by atoms with Crippen molar-refractivity contribution in [2.24, 2.45) is 4.99 Å². The molecule has 0 spiro atoms. The molecule has 0 radical (unpaired) electrons. The van der Waals surface area contributed by atoms with Crippen LogP contribution in [0.5, 0.6) is 0 Å². The van der Waals surface area contributed by atoms with Gasteiger partial charge in [-0.15, -0.1) is 11.3 Å². The van der Waals surface area contributed by atoms with Crippen molar-refractivity contribution in [1.82, 2.24) is 9.55 Å². The normalized spacial score (nSPS) is 12.1. The fourth-order valence-corrected chi connectivity index (χ4v) is 5.71. The van der Waals surface area contributed by atoms with Gasteiger partial charge in [-0.1, -0.05) is 11.3 Å². The second-order valence-electron chi connectivity index (χ2n) is 7.06. The number of nitrogens with one attached hydrogen (secondary N) is 1. The Kier molecular flexibility index (Phi) is 9.26. The Morgan fingerprint density at radius 2 is 1.97 bits per heavy atom. The van der Waals surface area contributed by atoms with Gasteiger partial charge in [-0.3, -0.25) is 9.59 Å². The van der Waals surface area contributed by atoms with Crippen molar-refractivity contribution in [2.45, 2.75) is 20.4 Å². The average molecular weight is 541 g/mol. The molecule has 0 bridgehead atoms. The lowest BCUT2D eigenvalue weighted by Gasteiger charge is -2.06. The van der Waals surface area contributed by atoms with Crippen LogP contribution in [0.2, 0.25) is 0 Å². The number of rotatable bonds is 11. The van der Waals surface area contributed by atoms with Gasteiger partial charge in [0.15, 0.2) is 19.8 Å². The number of ether oxygens (including phenoxy) is 2. The minimum absolute atomic E-state index is 0.237. The highest BCUT2D eigenvalue weighted by Crippen LogP contribution is 2.20. The number of sulfone groups is 1. The minimum atomic E-state index is -4.06. The molecule has 3 rings (SSSR count). The number of benzene rings is 1. The number of amides is 2. The number of carbonyl (C=O) groups excluding carboxylic acids is 3. The van der Waals surface area contributed by atoms with Crippen LogP contribution in [0.4, 0.5) is 5.13 Å². The Balaban J connectivity index is 1.84. The number of thiazole rings is 2. The number of hydrogen-bond acceptors (Lipinski definition) is 10. The zero-order valence-electron chi connectivity index (χ0n) is 19.1. The van der Waals surface area contributed by atoms with E-state index in [0.717, 1.165) is 22.7 Å². The third kappa shape index (κ3) is 7.52. The molecule has 0 fully saturated rings. The largest absolute Gasteiger partial charge is 0.462 e. The summed E-state index contributed by atoms with van der Waals surface area (Å²) in [4.78, 5) is 44.8. The van der Waals surface area contributed by atoms with Gasteiger partial charge in [-0.05, 0) is 32.0 Å². The Labute approximate surface area is 209 Å². The van der Waals surface area contributed by atoms with Gasteiger partial charge >= 0.3 is 5.97 Å². The van der Waals surface area contributed by atoms with Crippen molar-refractivity contribution in [3.8, 4) is 0 Å². The first-order valence-corrected chi connectivity index (χ1v) is 14.1. The molecule has 3 aromatic rings. The van der Waals surface area contributed by atoms with Crippen LogP contribution < -0.4 is 10.1 Å². The fourth-order valence-electron chi connectivity index (χ4n) is 3.03. The van der Waals surface area contributed by atoms with Crippen molar-refractivity contribution >= 4 is 65.6 Å². The van der Waals surface area contributed by atoms with E-state index in [1.165, 1.54) is 6.20 Å². The van der Waals surface area contributed by atoms with E-state index in [1.807, 2.05) is 6.92 Å². The summed E-state index contributed by atoms with van der Waals surface area (Å²) in [6, 6.07) is 4.97. The Morgan fingerprint density at radius 3 is 2.66 bits per heavy atom. The van der Waals surface area contributed by atoms with Gasteiger partial charge in [0.05, 0.1) is 29.0 Å². The first-order valence-electron chi connectivity index (χ1n) is 10.6. The lowest BCUT2D eigenvalue weighted by molar-refractivity contribution is -0.115. The van der Waals surface area contributed by atoms with Crippen LogP contribution >= 0.6 is 22.7 Å². The van der Waals surface area contributed by atoms with Crippen LogP contribution in [0.3, 0.4) is 0 Å². The van der Waals surface area contributed by atoms with E-state index in [2.05, 4.69) is 15.3 Å². The molecule has 0 saturated heterocycles. The maximum Gasteiger partial charge on any atom is 0.338 e. The van der Waals surface area contributed by atoms with Crippen molar-refractivity contribution in [1.29, 1.82) is 0 Å². The van der Waals surface area contributed by atoms with Crippen LogP contribution in [0.25, 0.3) is 10.2 Å². The maximum atomic E-state index is 12.5. The highest BCUT2D eigenvalue weighted by Gasteiger charge is 2.22. The van der Waals surface area contributed by atoms with Crippen molar-refractivity contribution < 1.29 is 32.3 Å². The first kappa shape index (κ1) is 26.7. The molecule has 0 aliphatic heterocycles. The third-order valence-corrected chi connectivity index (χ3v) is 7.57. The standard InChI is InChI=1S/C21H24N4O7S3/c1-3-31-9-8-25-15-6-5-14(19(28)32-4-2)11-16(15)34-21(25)24-18(27)13-35(29,30)12-17(26)23-20-22-7-10-33-20/h5-7,10-11H,3-4,8-9,12-13H2,1-2H3,(H,22,23,26). The quantitative estimate of drug-likeness (QED) is 0.286. The van der Waals surface area contributed by atoms with E-state index in [4.69, 9.17) is 9.47 Å². The van der Waals surface area contributed by atoms with Gasteiger partial charge in [-0.2, -0.15) is 4.99 Å². The topological polar surface area (TPSA) is 146 Å². The molecule has 35 heavy (non-hydrogen) atoms. The van der Waals surface area contributed by atoms with Crippen molar-refractivity contribution in [3.05, 3.63) is 40.1 Å². The van der Waals surface area contributed by atoms with E-state index in [0.29, 0.717) is 35.5 Å². The molecule has 11 nitrogen and oxygen atoms in total. The number of hydrogen-bond donors (Lipinski definition) is 1. The third-order valence-electron chi connectivity index (χ3n) is 4.45. The summed E-state index contributed by atoms with van der Waals surface area (Å²) in [7, 11) is -4.06. The van der Waals surface area contributed by atoms with Gasteiger partial charge in [0.2, 0.25) is 5.91 Å². The number of carbonyl (C=O) groups is 3. The smallest absolute Gasteiger partial charge is 0.338 e. The second kappa shape index (κ2) is 12.2. The molecule has 2 aromatic heterocycles. The van der Waals surface area contributed by atoms with Gasteiger partial charge in [-0.25, -0.2) is 18.2 Å². The molecule has 1 aromatic carbocycles. The summed E-state index contributed by atoms with van der Waals surface area (Å²) in [5, 5.41) is 4.27. The van der Waals surface area contributed by atoms with Crippen LogP contribution in [0, 0.1) is 0 Å². The molecule has 14 heteroatoms. The van der Waals surface area contributed by atoms with E-state index >= 15 is 0 Å². The van der Waals surface area contributed by atoms with Gasteiger partial charge in [0.1, 0.15) is 11.5 Å². The van der Waals surface area contributed by atoms with E-state index < -0.39 is 39.1 Å². The van der Waals surface area contributed by atoms with E-state index in [1.54, 1.807) is 35.1 Å². The zero-order chi connectivity index (χ0) is 25.4. The summed E-state index contributed by atoms with van der Waals surface area (Å²) >= 11 is 2.28. The van der Waals surface area contributed by atoms with Crippen molar-refractivity contribution in [2.75, 3.05) is 36.6 Å². The Morgan fingerprint density at radius 1 is 1.17 bits per heavy atom. The highest BCUT2D eigenvalue weighted by atomic mass is 32.2. The predicted octanol–water partition coefficient (Wildman–Crippen LogP) is 1.85. The number of fused-ring (bicyclic) bond motifs is 1. The second-order valence-corrected chi connectivity index (χ2v) is 11.0. The molecule has 0 atom stereocenters. The summed E-state index contributed by atoms with van der Waals surface area (Å²) in [6.45, 7) is 5.01. The zero-order valence-corrected chi connectivity index (χ0v) is 21.5. The molecule has 1 N–H and O–H groups in total. The number of esters is 1. The van der Waals surface area contributed by atoms with Crippen LogP contribution in [-0.2, 0) is 35.4 Å². The monoisotopic (exact) mass is 540 g/mol. The number of aromatic nitrogens is 2. The number of nitrogens with zero attached hydrogens (tertiary/aromatic N) is 3. The summed E-state index contributed by atoms with van der Waals surface area (Å²) < 4.78 is 37.6. The maximum absolute atomic E-state index is 12.5. The fraction of sp³-hybridized carbons (Fsp3) is 0.381. The molecule has 0 aliphatic carbocycles. The molecule has 188 valence electrons. The average Bonchev–Trinajstić information content (AvgIpc) is 3.40. The molecule has 0 unspecified atom stereocenters. The molecule has 0 aliphatic rings. The molecule has 2 heterocycles. The Hall–Kier alpha value is -2.94. The minimum Gasteiger partial charge on any atom is -0.462 e. The summed E-state index contributed by atoms with van der Waals surface area (Å²) in [5.41, 5.74) is 1.06. The molecule has 0 saturated carbocycles.